The zero-order valence-electron chi connectivity index (χ0n) is 12.0. The Bertz CT molecular complexity index is 382. The lowest BCUT2D eigenvalue weighted by atomic mass is 9.72. The third-order valence-corrected chi connectivity index (χ3v) is 4.33. The second kappa shape index (κ2) is 5.75. The number of allylic oxidation sites excluding steroid dienone is 5. The largest absolute Gasteiger partial charge is 0.388 e. The molecule has 1 heterocycles. The van der Waals surface area contributed by atoms with E-state index in [0.717, 1.165) is 25.9 Å². The SMILES string of the molecule is CNC1=CC/C=C(/C)C/C=C\1C1(C)CCNCC1. The third kappa shape index (κ3) is 2.86. The molecule has 0 aromatic carbocycles. The molecule has 1 saturated heterocycles. The molecule has 2 heteroatoms. The van der Waals surface area contributed by atoms with Crippen molar-refractivity contribution in [2.24, 2.45) is 5.41 Å². The fourth-order valence-electron chi connectivity index (χ4n) is 3.00. The molecule has 1 aliphatic heterocycles. The molecule has 0 bridgehead atoms. The maximum atomic E-state index is 3.47. The molecule has 0 atom stereocenters. The van der Waals surface area contributed by atoms with Crippen molar-refractivity contribution >= 4 is 0 Å². The van der Waals surface area contributed by atoms with Crippen molar-refractivity contribution in [2.45, 2.75) is 39.5 Å². The smallest absolute Gasteiger partial charge is 0.0335 e. The molecule has 2 nitrogen and oxygen atoms in total. The van der Waals surface area contributed by atoms with Crippen molar-refractivity contribution in [2.75, 3.05) is 20.1 Å². The van der Waals surface area contributed by atoms with E-state index in [1.54, 1.807) is 0 Å². The summed E-state index contributed by atoms with van der Waals surface area (Å²) < 4.78 is 0. The highest BCUT2D eigenvalue weighted by Gasteiger charge is 2.32. The number of nitrogens with one attached hydrogen (secondary N) is 2. The molecule has 0 saturated carbocycles. The summed E-state index contributed by atoms with van der Waals surface area (Å²) in [5.41, 5.74) is 4.68. The minimum atomic E-state index is 0.331. The number of hydrogen-bond donors (Lipinski definition) is 2. The minimum absolute atomic E-state index is 0.331. The van der Waals surface area contributed by atoms with E-state index in [9.17, 15) is 0 Å². The first-order valence-electron chi connectivity index (χ1n) is 7.11. The Kier molecular flexibility index (Phi) is 4.28. The Hall–Kier alpha value is -1.02. The lowest BCUT2D eigenvalue weighted by molar-refractivity contribution is 0.283. The van der Waals surface area contributed by atoms with E-state index in [1.165, 1.54) is 29.7 Å². The fourth-order valence-corrected chi connectivity index (χ4v) is 3.00. The molecule has 0 aromatic rings. The number of likely N-dealkylation sites (N-methyl/N-ethyl adjacent to an activating group) is 1. The van der Waals surface area contributed by atoms with Crippen molar-refractivity contribution in [3.63, 3.8) is 0 Å². The quantitative estimate of drug-likeness (QED) is 0.731. The molecular formula is C16H26N2. The zero-order chi connectivity index (χ0) is 13.0. The normalized spacial score (nSPS) is 30.1. The molecule has 0 spiro atoms. The van der Waals surface area contributed by atoms with Crippen molar-refractivity contribution in [3.8, 4) is 0 Å². The van der Waals surface area contributed by atoms with Crippen LogP contribution in [0.25, 0.3) is 0 Å². The Morgan fingerprint density at radius 3 is 2.56 bits per heavy atom. The molecule has 0 amide bonds. The summed E-state index contributed by atoms with van der Waals surface area (Å²) in [7, 11) is 2.04. The van der Waals surface area contributed by atoms with Gasteiger partial charge in [0, 0.05) is 12.7 Å². The van der Waals surface area contributed by atoms with Gasteiger partial charge >= 0.3 is 0 Å². The summed E-state index contributed by atoms with van der Waals surface area (Å²) in [6, 6.07) is 0. The molecular weight excluding hydrogens is 220 g/mol. The van der Waals surface area contributed by atoms with Crippen LogP contribution in [-0.2, 0) is 0 Å². The zero-order valence-corrected chi connectivity index (χ0v) is 12.0. The first-order chi connectivity index (χ1) is 8.65. The Morgan fingerprint density at radius 2 is 1.89 bits per heavy atom. The second-order valence-electron chi connectivity index (χ2n) is 5.79. The van der Waals surface area contributed by atoms with Gasteiger partial charge in [0.2, 0.25) is 0 Å². The molecule has 0 aromatic heterocycles. The summed E-state index contributed by atoms with van der Waals surface area (Å²) in [6.07, 6.45) is 11.7. The van der Waals surface area contributed by atoms with E-state index in [4.69, 9.17) is 0 Å². The van der Waals surface area contributed by atoms with Crippen LogP contribution in [0.15, 0.2) is 35.1 Å². The van der Waals surface area contributed by atoms with Gasteiger partial charge in [-0.2, -0.15) is 0 Å². The molecule has 2 N–H and O–H groups in total. The Labute approximate surface area is 111 Å². The molecule has 18 heavy (non-hydrogen) atoms. The summed E-state index contributed by atoms with van der Waals surface area (Å²) >= 11 is 0. The second-order valence-corrected chi connectivity index (χ2v) is 5.79. The molecule has 100 valence electrons. The van der Waals surface area contributed by atoms with Crippen LogP contribution < -0.4 is 10.6 Å². The average molecular weight is 246 g/mol. The van der Waals surface area contributed by atoms with Gasteiger partial charge in [-0.3, -0.25) is 0 Å². The molecule has 1 aliphatic carbocycles. The van der Waals surface area contributed by atoms with Gasteiger partial charge in [-0.05, 0) is 56.7 Å². The van der Waals surface area contributed by atoms with Gasteiger partial charge < -0.3 is 10.6 Å². The standard InChI is InChI=1S/C16H26N2/c1-13-5-4-6-15(17-3)14(8-7-13)16(2)9-11-18-12-10-16/h5-6,8,17-18H,4,7,9-12H2,1-3H3/b13-5-,14-8+,15-6?. The predicted octanol–water partition coefficient (Wildman–Crippen LogP) is 3.15. The summed E-state index contributed by atoms with van der Waals surface area (Å²) in [5.74, 6) is 0. The van der Waals surface area contributed by atoms with Crippen molar-refractivity contribution in [1.82, 2.24) is 10.6 Å². The van der Waals surface area contributed by atoms with E-state index >= 15 is 0 Å². The molecule has 1 fully saturated rings. The number of rotatable bonds is 2. The summed E-state index contributed by atoms with van der Waals surface area (Å²) in [4.78, 5) is 0. The number of hydrogen-bond acceptors (Lipinski definition) is 2. The van der Waals surface area contributed by atoms with Gasteiger partial charge in [-0.15, -0.1) is 0 Å². The van der Waals surface area contributed by atoms with Gasteiger partial charge in [-0.25, -0.2) is 0 Å². The van der Waals surface area contributed by atoms with Crippen LogP contribution in [0, 0.1) is 5.41 Å². The lowest BCUT2D eigenvalue weighted by Gasteiger charge is -2.38. The minimum Gasteiger partial charge on any atom is -0.388 e. The van der Waals surface area contributed by atoms with Crippen LogP contribution in [0.5, 0.6) is 0 Å². The van der Waals surface area contributed by atoms with Crippen LogP contribution in [-0.4, -0.2) is 20.1 Å². The van der Waals surface area contributed by atoms with E-state index in [1.807, 2.05) is 7.05 Å². The maximum Gasteiger partial charge on any atom is 0.0335 e. The highest BCUT2D eigenvalue weighted by Crippen LogP contribution is 2.40. The van der Waals surface area contributed by atoms with Crippen LogP contribution in [0.2, 0.25) is 0 Å². The predicted molar refractivity (Wildman–Crippen MR) is 78.4 cm³/mol. The van der Waals surface area contributed by atoms with Gasteiger partial charge in [0.05, 0.1) is 0 Å². The van der Waals surface area contributed by atoms with Crippen molar-refractivity contribution in [3.05, 3.63) is 35.1 Å². The molecule has 2 rings (SSSR count). The third-order valence-electron chi connectivity index (χ3n) is 4.33. The summed E-state index contributed by atoms with van der Waals surface area (Å²) in [6.45, 7) is 6.93. The van der Waals surface area contributed by atoms with Crippen molar-refractivity contribution < 1.29 is 0 Å². The number of piperidine rings is 1. The molecule has 2 aliphatic rings. The van der Waals surface area contributed by atoms with Crippen LogP contribution in [0.3, 0.4) is 0 Å². The average Bonchev–Trinajstić information content (AvgIpc) is 2.34. The highest BCUT2D eigenvalue weighted by atomic mass is 14.9. The maximum absolute atomic E-state index is 3.47. The molecule has 0 unspecified atom stereocenters. The van der Waals surface area contributed by atoms with Gasteiger partial charge in [0.25, 0.3) is 0 Å². The van der Waals surface area contributed by atoms with E-state index in [0.29, 0.717) is 5.41 Å². The first-order valence-corrected chi connectivity index (χ1v) is 7.11. The highest BCUT2D eigenvalue weighted by molar-refractivity contribution is 5.38. The topological polar surface area (TPSA) is 24.1 Å². The van der Waals surface area contributed by atoms with Crippen LogP contribution in [0.1, 0.15) is 39.5 Å². The first kappa shape index (κ1) is 13.4. The van der Waals surface area contributed by atoms with Gasteiger partial charge in [0.15, 0.2) is 0 Å². The Morgan fingerprint density at radius 1 is 1.17 bits per heavy atom. The van der Waals surface area contributed by atoms with Gasteiger partial charge in [0.1, 0.15) is 0 Å². The van der Waals surface area contributed by atoms with Gasteiger partial charge in [-0.1, -0.05) is 30.7 Å². The summed E-state index contributed by atoms with van der Waals surface area (Å²) in [5, 5.41) is 6.87. The molecule has 0 radical (unpaired) electrons. The van der Waals surface area contributed by atoms with E-state index < -0.39 is 0 Å². The van der Waals surface area contributed by atoms with Crippen molar-refractivity contribution in [1.29, 1.82) is 0 Å². The lowest BCUT2D eigenvalue weighted by Crippen LogP contribution is -2.37. The van der Waals surface area contributed by atoms with E-state index in [2.05, 4.69) is 42.7 Å². The fraction of sp³-hybridized carbons (Fsp3) is 0.625. The van der Waals surface area contributed by atoms with E-state index in [-0.39, 0.29) is 0 Å². The monoisotopic (exact) mass is 246 g/mol. The van der Waals surface area contributed by atoms with Crippen LogP contribution >= 0.6 is 0 Å². The van der Waals surface area contributed by atoms with Crippen LogP contribution in [0.4, 0.5) is 0 Å². The Balaban J connectivity index is 2.31.